The monoisotopic (exact) mass is 499 g/mol. The molecule has 9 heteroatoms. The van der Waals surface area contributed by atoms with E-state index in [1.54, 1.807) is 37.3 Å². The number of carbonyl (C=O) groups excluding carboxylic acids is 1. The number of nitrogens with zero attached hydrogens (tertiary/aromatic N) is 1. The van der Waals surface area contributed by atoms with Gasteiger partial charge in [0.15, 0.2) is 5.75 Å². The predicted molar refractivity (Wildman–Crippen MR) is 103 cm³/mol. The summed E-state index contributed by atoms with van der Waals surface area (Å²) in [6.45, 7) is 1.62. The van der Waals surface area contributed by atoms with Crippen molar-refractivity contribution < 1.29 is 22.2 Å². The molecule has 2 aromatic rings. The Kier molecular flexibility index (Phi) is 5.31. The van der Waals surface area contributed by atoms with Crippen molar-refractivity contribution in [2.24, 2.45) is 5.16 Å². The van der Waals surface area contributed by atoms with Crippen molar-refractivity contribution in [1.29, 1.82) is 0 Å². The number of hydrogen-bond donors (Lipinski definition) is 0. The minimum absolute atomic E-state index is 0.0199. The molecule has 2 aromatic carbocycles. The molecule has 6 nitrogen and oxygen atoms in total. The summed E-state index contributed by atoms with van der Waals surface area (Å²) in [5.74, 6) is -0.562. The first kappa shape index (κ1) is 18.8. The van der Waals surface area contributed by atoms with Crippen LogP contribution in [0.25, 0.3) is 6.08 Å². The van der Waals surface area contributed by atoms with E-state index in [9.17, 15) is 13.2 Å². The van der Waals surface area contributed by atoms with Crippen LogP contribution in [0, 0.1) is 0 Å². The Hall–Kier alpha value is -1.97. The zero-order chi connectivity index (χ0) is 18.9. The van der Waals surface area contributed by atoms with Crippen molar-refractivity contribution in [3.8, 4) is 5.75 Å². The van der Waals surface area contributed by atoms with Gasteiger partial charge < -0.3 is 9.02 Å². The zero-order valence-electron chi connectivity index (χ0n) is 13.3. The molecule has 1 heterocycles. The summed E-state index contributed by atoms with van der Waals surface area (Å²) in [4.78, 5) is 16.4. The lowest BCUT2D eigenvalue weighted by Crippen LogP contribution is -2.11. The lowest BCUT2D eigenvalue weighted by Gasteiger charge is -2.12. The number of hydrogen-bond acceptors (Lipinski definition) is 6. The van der Waals surface area contributed by atoms with Crippen LogP contribution in [0.2, 0.25) is 0 Å². The summed E-state index contributed by atoms with van der Waals surface area (Å²) in [5, 5.41) is 3.61. The van der Waals surface area contributed by atoms with E-state index in [-0.39, 0.29) is 16.2 Å². The fraction of sp³-hybridized carbons (Fsp3) is 0.0588. The number of rotatable bonds is 4. The zero-order valence-corrected chi connectivity index (χ0v) is 17.3. The van der Waals surface area contributed by atoms with Crippen molar-refractivity contribution in [2.45, 2.75) is 11.8 Å². The van der Waals surface area contributed by atoms with Gasteiger partial charge in [0.1, 0.15) is 4.90 Å². The smallest absolute Gasteiger partial charge is 0.367 e. The van der Waals surface area contributed by atoms with E-state index >= 15 is 0 Å². The molecule has 26 heavy (non-hydrogen) atoms. The van der Waals surface area contributed by atoms with Gasteiger partial charge in [0, 0.05) is 10.0 Å². The molecule has 0 fully saturated rings. The van der Waals surface area contributed by atoms with Crippen LogP contribution in [-0.2, 0) is 19.8 Å². The molecule has 134 valence electrons. The second-order valence-electron chi connectivity index (χ2n) is 5.27. The molecule has 1 aliphatic rings. The minimum Gasteiger partial charge on any atom is -0.377 e. The largest absolute Gasteiger partial charge is 0.377 e. The Morgan fingerprint density at radius 2 is 1.85 bits per heavy atom. The molecule has 0 N–H and O–H groups in total. The van der Waals surface area contributed by atoms with Gasteiger partial charge in [-0.15, -0.1) is 0 Å². The Morgan fingerprint density at radius 1 is 1.15 bits per heavy atom. The van der Waals surface area contributed by atoms with Crippen LogP contribution in [0.15, 0.2) is 67.0 Å². The van der Waals surface area contributed by atoms with Crippen molar-refractivity contribution in [2.75, 3.05) is 0 Å². The number of benzene rings is 2. The van der Waals surface area contributed by atoms with Crippen molar-refractivity contribution in [3.05, 3.63) is 62.5 Å². The third-order valence-electron chi connectivity index (χ3n) is 3.44. The van der Waals surface area contributed by atoms with Gasteiger partial charge >= 0.3 is 16.1 Å². The summed E-state index contributed by atoms with van der Waals surface area (Å²) < 4.78 is 31.6. The molecule has 0 bridgehead atoms. The quantitative estimate of drug-likeness (QED) is 0.355. The molecule has 1 aliphatic heterocycles. The maximum Gasteiger partial charge on any atom is 0.367 e. The topological polar surface area (TPSA) is 82.0 Å². The first-order valence-electron chi connectivity index (χ1n) is 7.24. The summed E-state index contributed by atoms with van der Waals surface area (Å²) in [6.07, 6.45) is 1.47. The second kappa shape index (κ2) is 7.34. The lowest BCUT2D eigenvalue weighted by molar-refractivity contribution is -0.136. The molecular formula is C17H11Br2NO5S. The van der Waals surface area contributed by atoms with Crippen LogP contribution < -0.4 is 4.18 Å². The van der Waals surface area contributed by atoms with E-state index in [4.69, 9.17) is 4.18 Å². The van der Waals surface area contributed by atoms with Gasteiger partial charge in [0.2, 0.25) is 0 Å². The van der Waals surface area contributed by atoms with Gasteiger partial charge in [-0.1, -0.05) is 39.3 Å². The number of oxime groups is 1. The predicted octanol–water partition coefficient (Wildman–Crippen LogP) is 4.30. The molecule has 0 saturated carbocycles. The molecule has 0 atom stereocenters. The SMILES string of the molecule is CC1=NOC(=O)/C1=C\c1cc(Br)cc(Br)c1OS(=O)(=O)c1ccccc1. The molecule has 0 spiro atoms. The molecule has 0 aromatic heterocycles. The molecule has 0 radical (unpaired) electrons. The van der Waals surface area contributed by atoms with Crippen LogP contribution in [0.3, 0.4) is 0 Å². The third-order valence-corrected chi connectivity index (χ3v) is 5.72. The van der Waals surface area contributed by atoms with E-state index in [2.05, 4.69) is 41.9 Å². The average Bonchev–Trinajstić information content (AvgIpc) is 2.91. The van der Waals surface area contributed by atoms with E-state index in [1.165, 1.54) is 18.2 Å². The lowest BCUT2D eigenvalue weighted by atomic mass is 10.1. The van der Waals surface area contributed by atoms with Gasteiger partial charge in [-0.3, -0.25) is 0 Å². The van der Waals surface area contributed by atoms with Gasteiger partial charge in [-0.05, 0) is 53.2 Å². The molecule has 3 rings (SSSR count). The highest BCUT2D eigenvalue weighted by atomic mass is 79.9. The van der Waals surface area contributed by atoms with Crippen molar-refractivity contribution in [3.63, 3.8) is 0 Å². The van der Waals surface area contributed by atoms with E-state index in [1.807, 2.05) is 0 Å². The molecule has 0 saturated heterocycles. The van der Waals surface area contributed by atoms with Crippen LogP contribution in [0.1, 0.15) is 12.5 Å². The average molecular weight is 501 g/mol. The maximum atomic E-state index is 12.6. The Balaban J connectivity index is 2.09. The fourth-order valence-corrected chi connectivity index (χ4v) is 4.63. The fourth-order valence-electron chi connectivity index (χ4n) is 2.20. The van der Waals surface area contributed by atoms with Crippen LogP contribution >= 0.6 is 31.9 Å². The summed E-state index contributed by atoms with van der Waals surface area (Å²) in [5.41, 5.74) is 0.981. The van der Waals surface area contributed by atoms with E-state index in [0.29, 0.717) is 20.2 Å². The number of carbonyl (C=O) groups is 1. The highest BCUT2D eigenvalue weighted by Gasteiger charge is 2.25. The van der Waals surface area contributed by atoms with E-state index in [0.717, 1.165) is 0 Å². The van der Waals surface area contributed by atoms with Gasteiger partial charge in [0.05, 0.1) is 15.8 Å². The normalized spacial score (nSPS) is 15.7. The van der Waals surface area contributed by atoms with Gasteiger partial charge in [0.25, 0.3) is 0 Å². The Bertz CT molecular complexity index is 1050. The standard InChI is InChI=1S/C17H11Br2NO5S/c1-10-14(17(21)24-20-10)8-11-7-12(18)9-15(19)16(11)25-26(22,23)13-5-3-2-4-6-13/h2-9H,1H3/b14-8-. The highest BCUT2D eigenvalue weighted by molar-refractivity contribution is 9.11. The summed E-state index contributed by atoms with van der Waals surface area (Å²) >= 11 is 6.65. The Morgan fingerprint density at radius 3 is 2.46 bits per heavy atom. The van der Waals surface area contributed by atoms with Gasteiger partial charge in [-0.25, -0.2) is 4.79 Å². The minimum atomic E-state index is -4.05. The first-order valence-corrected chi connectivity index (χ1v) is 10.2. The molecule has 0 aliphatic carbocycles. The number of halogens is 2. The van der Waals surface area contributed by atoms with Crippen molar-refractivity contribution in [1.82, 2.24) is 0 Å². The van der Waals surface area contributed by atoms with Gasteiger partial charge in [-0.2, -0.15) is 8.42 Å². The Labute approximate surface area is 166 Å². The third kappa shape index (κ3) is 3.89. The van der Waals surface area contributed by atoms with Crippen LogP contribution in [0.5, 0.6) is 5.75 Å². The highest BCUT2D eigenvalue weighted by Crippen LogP contribution is 2.36. The van der Waals surface area contributed by atoms with Crippen molar-refractivity contribution >= 4 is 59.7 Å². The van der Waals surface area contributed by atoms with Crippen LogP contribution in [-0.4, -0.2) is 20.1 Å². The molecular weight excluding hydrogens is 490 g/mol. The second-order valence-corrected chi connectivity index (χ2v) is 8.59. The summed E-state index contributed by atoms with van der Waals surface area (Å²) in [7, 11) is -4.05. The molecule has 0 amide bonds. The maximum absolute atomic E-state index is 12.6. The van der Waals surface area contributed by atoms with Crippen LogP contribution in [0.4, 0.5) is 0 Å². The first-order chi connectivity index (χ1) is 12.3. The van der Waals surface area contributed by atoms with E-state index < -0.39 is 16.1 Å². The molecule has 0 unspecified atom stereocenters. The summed E-state index contributed by atoms with van der Waals surface area (Å²) in [6, 6.07) is 11.1.